The Kier molecular flexibility index (Phi) is 2.78. The van der Waals surface area contributed by atoms with Crippen molar-refractivity contribution in [2.45, 2.75) is 12.5 Å². The van der Waals surface area contributed by atoms with Gasteiger partial charge in [-0.1, -0.05) is 0 Å². The summed E-state index contributed by atoms with van der Waals surface area (Å²) in [6, 6.07) is 2.36. The maximum atomic E-state index is 13.4. The summed E-state index contributed by atoms with van der Waals surface area (Å²) in [5, 5.41) is 0. The number of esters is 1. The summed E-state index contributed by atoms with van der Waals surface area (Å²) in [6.45, 7) is 0.258. The van der Waals surface area contributed by atoms with Crippen LogP contribution in [0, 0.1) is 5.82 Å². The lowest BCUT2D eigenvalue weighted by Crippen LogP contribution is -2.35. The third-order valence-electron chi connectivity index (χ3n) is 2.53. The molecule has 2 rings (SSSR count). The van der Waals surface area contributed by atoms with Crippen molar-refractivity contribution in [3.8, 4) is 5.75 Å². The molecular formula is C11H12FNO3. The molecule has 0 saturated carbocycles. The topological polar surface area (TPSA) is 61.5 Å². The number of rotatable bonds is 1. The van der Waals surface area contributed by atoms with Crippen LogP contribution in [-0.4, -0.2) is 25.7 Å². The van der Waals surface area contributed by atoms with Gasteiger partial charge in [0.2, 0.25) is 0 Å². The minimum atomic E-state index is -0.506. The van der Waals surface area contributed by atoms with Gasteiger partial charge in [-0.25, -0.2) is 9.18 Å². The van der Waals surface area contributed by atoms with E-state index in [9.17, 15) is 9.18 Å². The molecule has 86 valence electrons. The van der Waals surface area contributed by atoms with E-state index in [-0.39, 0.29) is 18.4 Å². The fraction of sp³-hybridized carbons (Fsp3) is 0.364. The quantitative estimate of drug-likeness (QED) is 0.720. The standard InChI is InChI=1S/C11H12FNO3/c1-15-11(14)7-2-3-9(12)10-8(7)4-6(13)5-16-10/h2-3,6H,4-5,13H2,1H3. The predicted molar refractivity (Wildman–Crippen MR) is 54.9 cm³/mol. The van der Waals surface area contributed by atoms with Crippen molar-refractivity contribution in [2.75, 3.05) is 13.7 Å². The summed E-state index contributed by atoms with van der Waals surface area (Å²) in [5.41, 5.74) is 6.52. The van der Waals surface area contributed by atoms with Crippen LogP contribution in [0.1, 0.15) is 15.9 Å². The lowest BCUT2D eigenvalue weighted by molar-refractivity contribution is 0.0597. The van der Waals surface area contributed by atoms with Gasteiger partial charge in [-0.3, -0.25) is 0 Å². The molecule has 1 aromatic rings. The van der Waals surface area contributed by atoms with Gasteiger partial charge in [-0.05, 0) is 18.6 Å². The first kappa shape index (κ1) is 10.9. The van der Waals surface area contributed by atoms with Crippen LogP contribution in [-0.2, 0) is 11.2 Å². The zero-order valence-electron chi connectivity index (χ0n) is 8.83. The molecule has 0 aliphatic carbocycles. The van der Waals surface area contributed by atoms with Gasteiger partial charge >= 0.3 is 5.97 Å². The third kappa shape index (κ3) is 1.74. The number of nitrogens with two attached hydrogens (primary N) is 1. The molecule has 1 aliphatic rings. The van der Waals surface area contributed by atoms with Crippen molar-refractivity contribution in [1.29, 1.82) is 0 Å². The van der Waals surface area contributed by atoms with E-state index in [0.717, 1.165) is 0 Å². The molecule has 5 heteroatoms. The lowest BCUT2D eigenvalue weighted by atomic mass is 9.97. The van der Waals surface area contributed by atoms with Gasteiger partial charge in [0.15, 0.2) is 11.6 Å². The maximum Gasteiger partial charge on any atom is 0.338 e. The number of methoxy groups -OCH3 is 1. The average molecular weight is 225 g/mol. The van der Waals surface area contributed by atoms with Gasteiger partial charge in [0, 0.05) is 11.6 Å². The molecule has 0 spiro atoms. The van der Waals surface area contributed by atoms with Crippen LogP contribution in [0.15, 0.2) is 12.1 Å². The molecular weight excluding hydrogens is 213 g/mol. The molecule has 1 heterocycles. The van der Waals surface area contributed by atoms with Crippen molar-refractivity contribution < 1.29 is 18.7 Å². The van der Waals surface area contributed by atoms with Gasteiger partial charge in [0.1, 0.15) is 6.61 Å². The molecule has 1 atom stereocenters. The van der Waals surface area contributed by atoms with Gasteiger partial charge in [-0.15, -0.1) is 0 Å². The highest BCUT2D eigenvalue weighted by Crippen LogP contribution is 2.30. The third-order valence-corrected chi connectivity index (χ3v) is 2.53. The molecule has 0 bridgehead atoms. The maximum absolute atomic E-state index is 13.4. The van der Waals surface area contributed by atoms with Gasteiger partial charge in [0.25, 0.3) is 0 Å². The second-order valence-electron chi connectivity index (χ2n) is 3.67. The number of benzene rings is 1. The van der Waals surface area contributed by atoms with Crippen LogP contribution in [0.3, 0.4) is 0 Å². The first-order chi connectivity index (χ1) is 7.63. The van der Waals surface area contributed by atoms with E-state index in [1.165, 1.54) is 19.2 Å². The Hall–Kier alpha value is -1.62. The number of halogens is 1. The van der Waals surface area contributed by atoms with Gasteiger partial charge in [0.05, 0.1) is 12.7 Å². The number of carbonyl (C=O) groups is 1. The summed E-state index contributed by atoms with van der Waals surface area (Å²) in [7, 11) is 1.28. The smallest absolute Gasteiger partial charge is 0.338 e. The van der Waals surface area contributed by atoms with E-state index < -0.39 is 11.8 Å². The summed E-state index contributed by atoms with van der Waals surface area (Å²) >= 11 is 0. The first-order valence-corrected chi connectivity index (χ1v) is 4.91. The molecule has 0 aromatic heterocycles. The van der Waals surface area contributed by atoms with Gasteiger partial charge in [-0.2, -0.15) is 0 Å². The number of fused-ring (bicyclic) bond motifs is 1. The fourth-order valence-electron chi connectivity index (χ4n) is 1.77. The number of hydrogen-bond acceptors (Lipinski definition) is 4. The molecule has 4 nitrogen and oxygen atoms in total. The summed E-state index contributed by atoms with van der Waals surface area (Å²) in [5.74, 6) is -0.867. The minimum Gasteiger partial charge on any atom is -0.489 e. The molecule has 0 amide bonds. The van der Waals surface area contributed by atoms with E-state index in [1.54, 1.807) is 0 Å². The van der Waals surface area contributed by atoms with Crippen LogP contribution in [0.25, 0.3) is 0 Å². The second kappa shape index (κ2) is 4.09. The Labute approximate surface area is 92.1 Å². The number of hydrogen-bond donors (Lipinski definition) is 1. The van der Waals surface area contributed by atoms with Crippen LogP contribution >= 0.6 is 0 Å². The van der Waals surface area contributed by atoms with Gasteiger partial charge < -0.3 is 15.2 Å². The number of ether oxygens (including phenoxy) is 2. The van der Waals surface area contributed by atoms with Crippen LogP contribution in [0.4, 0.5) is 4.39 Å². The van der Waals surface area contributed by atoms with E-state index in [0.29, 0.717) is 17.5 Å². The molecule has 0 saturated heterocycles. The SMILES string of the molecule is COC(=O)c1ccc(F)c2c1CC(N)CO2. The molecule has 1 aliphatic heterocycles. The summed E-state index contributed by atoms with van der Waals surface area (Å²) in [6.07, 6.45) is 0.414. The molecule has 1 aromatic carbocycles. The highest BCUT2D eigenvalue weighted by atomic mass is 19.1. The highest BCUT2D eigenvalue weighted by Gasteiger charge is 2.25. The molecule has 0 fully saturated rings. The van der Waals surface area contributed by atoms with Crippen molar-refractivity contribution >= 4 is 5.97 Å². The Morgan fingerprint density at radius 2 is 2.38 bits per heavy atom. The average Bonchev–Trinajstić information content (AvgIpc) is 2.28. The predicted octanol–water partition coefficient (Wildman–Crippen LogP) is 0.874. The highest BCUT2D eigenvalue weighted by molar-refractivity contribution is 5.92. The Morgan fingerprint density at radius 3 is 3.06 bits per heavy atom. The first-order valence-electron chi connectivity index (χ1n) is 4.91. The van der Waals surface area contributed by atoms with Crippen LogP contribution < -0.4 is 10.5 Å². The summed E-state index contributed by atoms with van der Waals surface area (Å²) < 4.78 is 23.2. The zero-order chi connectivity index (χ0) is 11.7. The minimum absolute atomic E-state index is 0.115. The Balaban J connectivity index is 2.52. The largest absolute Gasteiger partial charge is 0.489 e. The Bertz CT molecular complexity index is 433. The van der Waals surface area contributed by atoms with E-state index in [2.05, 4.69) is 4.74 Å². The second-order valence-corrected chi connectivity index (χ2v) is 3.67. The van der Waals surface area contributed by atoms with E-state index >= 15 is 0 Å². The molecule has 2 N–H and O–H groups in total. The monoisotopic (exact) mass is 225 g/mol. The van der Waals surface area contributed by atoms with Crippen molar-refractivity contribution in [2.24, 2.45) is 5.73 Å². The van der Waals surface area contributed by atoms with E-state index in [4.69, 9.17) is 10.5 Å². The lowest BCUT2D eigenvalue weighted by Gasteiger charge is -2.24. The molecule has 16 heavy (non-hydrogen) atoms. The number of carbonyl (C=O) groups excluding carboxylic acids is 1. The summed E-state index contributed by atoms with van der Waals surface area (Å²) in [4.78, 5) is 11.5. The normalized spacial score (nSPS) is 18.6. The Morgan fingerprint density at radius 1 is 1.62 bits per heavy atom. The molecule has 1 unspecified atom stereocenters. The molecule has 0 radical (unpaired) electrons. The fourth-order valence-corrected chi connectivity index (χ4v) is 1.77. The van der Waals surface area contributed by atoms with Crippen LogP contribution in [0.5, 0.6) is 5.75 Å². The zero-order valence-corrected chi connectivity index (χ0v) is 8.83. The van der Waals surface area contributed by atoms with Crippen molar-refractivity contribution in [3.63, 3.8) is 0 Å². The van der Waals surface area contributed by atoms with Crippen LogP contribution in [0.2, 0.25) is 0 Å². The van der Waals surface area contributed by atoms with Crippen molar-refractivity contribution in [3.05, 3.63) is 29.1 Å². The van der Waals surface area contributed by atoms with E-state index in [1.807, 2.05) is 0 Å². The van der Waals surface area contributed by atoms with Crippen molar-refractivity contribution in [1.82, 2.24) is 0 Å².